The van der Waals surface area contributed by atoms with Crippen molar-refractivity contribution in [2.75, 3.05) is 6.61 Å². The number of hydrogen-bond donors (Lipinski definition) is 0. The fourth-order valence-electron chi connectivity index (χ4n) is 1.33. The highest BCUT2D eigenvalue weighted by Crippen LogP contribution is 2.23. The van der Waals surface area contributed by atoms with Crippen LogP contribution in [0.2, 0.25) is 0 Å². The van der Waals surface area contributed by atoms with Gasteiger partial charge in [-0.3, -0.25) is 4.79 Å². The summed E-state index contributed by atoms with van der Waals surface area (Å²) in [5.74, 6) is -0.636. The topological polar surface area (TPSA) is 26.3 Å². The molecule has 0 aliphatic rings. The predicted molar refractivity (Wildman–Crippen MR) is 61.3 cm³/mol. The van der Waals surface area contributed by atoms with E-state index in [1.54, 1.807) is 12.1 Å². The minimum atomic E-state index is -0.494. The van der Waals surface area contributed by atoms with E-state index >= 15 is 0 Å². The first kappa shape index (κ1) is 12.4. The average molecular weight is 222 g/mol. The Morgan fingerprint density at radius 1 is 1.56 bits per heavy atom. The molecule has 0 fully saturated rings. The maximum atomic E-state index is 13.4. The summed E-state index contributed by atoms with van der Waals surface area (Å²) in [6.07, 6.45) is 3.34. The molecule has 0 aromatic heterocycles. The van der Waals surface area contributed by atoms with Crippen LogP contribution in [0.15, 0.2) is 30.9 Å². The molecule has 0 N–H and O–H groups in total. The molecule has 0 atom stereocenters. The van der Waals surface area contributed by atoms with Gasteiger partial charge in [0.05, 0.1) is 12.2 Å². The van der Waals surface area contributed by atoms with Crippen LogP contribution < -0.4 is 4.74 Å². The normalized spacial score (nSPS) is 9.88. The zero-order valence-electron chi connectivity index (χ0n) is 9.33. The van der Waals surface area contributed by atoms with E-state index in [0.717, 1.165) is 12.8 Å². The minimum Gasteiger partial charge on any atom is -0.490 e. The number of ketones is 1. The smallest absolute Gasteiger partial charge is 0.165 e. The monoisotopic (exact) mass is 222 g/mol. The first-order valence-electron chi connectivity index (χ1n) is 5.20. The van der Waals surface area contributed by atoms with Crippen molar-refractivity contribution in [1.29, 1.82) is 0 Å². The second-order valence-electron chi connectivity index (χ2n) is 3.45. The third kappa shape index (κ3) is 3.19. The van der Waals surface area contributed by atoms with Gasteiger partial charge in [-0.1, -0.05) is 12.1 Å². The molecule has 0 unspecified atom stereocenters. The maximum absolute atomic E-state index is 13.4. The molecule has 0 amide bonds. The number of unbranched alkanes of at least 4 members (excludes halogenated alkanes) is 1. The van der Waals surface area contributed by atoms with E-state index < -0.39 is 5.82 Å². The van der Waals surface area contributed by atoms with Crippen molar-refractivity contribution in [3.05, 3.63) is 42.2 Å². The maximum Gasteiger partial charge on any atom is 0.165 e. The van der Waals surface area contributed by atoms with Gasteiger partial charge in [-0.2, -0.15) is 0 Å². The molecule has 0 radical (unpaired) electrons. The summed E-state index contributed by atoms with van der Waals surface area (Å²) in [6, 6.07) is 4.35. The lowest BCUT2D eigenvalue weighted by Gasteiger charge is -2.09. The Hall–Kier alpha value is -1.64. The molecule has 2 nitrogen and oxygen atoms in total. The van der Waals surface area contributed by atoms with E-state index in [2.05, 4.69) is 6.58 Å². The summed E-state index contributed by atoms with van der Waals surface area (Å²) in [4.78, 5) is 11.2. The molecule has 0 saturated heterocycles. The number of carbonyl (C=O) groups excluding carboxylic acids is 1. The van der Waals surface area contributed by atoms with Gasteiger partial charge in [-0.15, -0.1) is 6.58 Å². The van der Waals surface area contributed by atoms with Crippen molar-refractivity contribution >= 4 is 5.78 Å². The van der Waals surface area contributed by atoms with Crippen LogP contribution in [0.4, 0.5) is 4.39 Å². The molecule has 0 aliphatic heterocycles. The zero-order valence-corrected chi connectivity index (χ0v) is 9.33. The van der Waals surface area contributed by atoms with Crippen LogP contribution >= 0.6 is 0 Å². The van der Waals surface area contributed by atoms with Gasteiger partial charge in [0.2, 0.25) is 0 Å². The SMILES string of the molecule is C=CCCCOc1c(F)cccc1C(C)=O. The molecule has 1 rings (SSSR count). The van der Waals surface area contributed by atoms with Gasteiger partial charge in [-0.05, 0) is 31.9 Å². The number of hydrogen-bond acceptors (Lipinski definition) is 2. The first-order valence-corrected chi connectivity index (χ1v) is 5.20. The molecule has 0 heterocycles. The lowest BCUT2D eigenvalue weighted by molar-refractivity contribution is 0.101. The molecule has 1 aromatic rings. The van der Waals surface area contributed by atoms with Crippen LogP contribution in [0.3, 0.4) is 0 Å². The van der Waals surface area contributed by atoms with Crippen molar-refractivity contribution in [2.45, 2.75) is 19.8 Å². The van der Waals surface area contributed by atoms with E-state index in [1.165, 1.54) is 19.1 Å². The molecular formula is C13H15FO2. The lowest BCUT2D eigenvalue weighted by Crippen LogP contribution is -2.04. The molecule has 0 saturated carbocycles. The number of rotatable bonds is 6. The van der Waals surface area contributed by atoms with Crippen molar-refractivity contribution in [1.82, 2.24) is 0 Å². The number of ether oxygens (including phenoxy) is 1. The van der Waals surface area contributed by atoms with E-state index in [1.807, 2.05) is 0 Å². The number of halogens is 1. The number of benzene rings is 1. The van der Waals surface area contributed by atoms with E-state index in [-0.39, 0.29) is 11.5 Å². The average Bonchev–Trinajstić information content (AvgIpc) is 2.25. The first-order chi connectivity index (χ1) is 7.66. The largest absolute Gasteiger partial charge is 0.490 e. The molecule has 0 spiro atoms. The molecule has 0 aliphatic carbocycles. The van der Waals surface area contributed by atoms with E-state index in [4.69, 9.17) is 4.74 Å². The summed E-state index contributed by atoms with van der Waals surface area (Å²) in [5.41, 5.74) is 0.290. The highest BCUT2D eigenvalue weighted by molar-refractivity contribution is 5.96. The van der Waals surface area contributed by atoms with E-state index in [9.17, 15) is 9.18 Å². The minimum absolute atomic E-state index is 0.0547. The van der Waals surface area contributed by atoms with Crippen LogP contribution in [0.25, 0.3) is 0 Å². The molecule has 86 valence electrons. The standard InChI is InChI=1S/C13H15FO2/c1-3-4-5-9-16-13-11(10(2)15)7-6-8-12(13)14/h3,6-8H,1,4-5,9H2,2H3. The van der Waals surface area contributed by atoms with Gasteiger partial charge < -0.3 is 4.74 Å². The third-order valence-corrected chi connectivity index (χ3v) is 2.15. The van der Waals surface area contributed by atoms with Crippen molar-refractivity contribution in [3.63, 3.8) is 0 Å². The summed E-state index contributed by atoms with van der Waals surface area (Å²) in [5, 5.41) is 0. The van der Waals surface area contributed by atoms with Crippen LogP contribution in [0, 0.1) is 5.82 Å². The summed E-state index contributed by atoms with van der Waals surface area (Å²) >= 11 is 0. The van der Waals surface area contributed by atoms with Crippen molar-refractivity contribution in [2.24, 2.45) is 0 Å². The van der Waals surface area contributed by atoms with Gasteiger partial charge in [0, 0.05) is 0 Å². The zero-order chi connectivity index (χ0) is 12.0. The van der Waals surface area contributed by atoms with Crippen LogP contribution in [-0.4, -0.2) is 12.4 Å². The number of para-hydroxylation sites is 1. The van der Waals surface area contributed by atoms with E-state index in [0.29, 0.717) is 12.2 Å². The highest BCUT2D eigenvalue weighted by Gasteiger charge is 2.12. The molecular weight excluding hydrogens is 207 g/mol. The van der Waals surface area contributed by atoms with Gasteiger partial charge in [0.15, 0.2) is 17.3 Å². The quantitative estimate of drug-likeness (QED) is 0.419. The summed E-state index contributed by atoms with van der Waals surface area (Å²) < 4.78 is 18.7. The van der Waals surface area contributed by atoms with Gasteiger partial charge >= 0.3 is 0 Å². The van der Waals surface area contributed by atoms with Crippen molar-refractivity contribution in [3.8, 4) is 5.75 Å². The third-order valence-electron chi connectivity index (χ3n) is 2.15. The molecule has 3 heteroatoms. The highest BCUT2D eigenvalue weighted by atomic mass is 19.1. The number of carbonyl (C=O) groups is 1. The second kappa shape index (κ2) is 6.05. The summed E-state index contributed by atoms with van der Waals surface area (Å²) in [6.45, 7) is 5.36. The van der Waals surface area contributed by atoms with Gasteiger partial charge in [0.1, 0.15) is 0 Å². The van der Waals surface area contributed by atoms with Crippen molar-refractivity contribution < 1.29 is 13.9 Å². The fourth-order valence-corrected chi connectivity index (χ4v) is 1.33. The predicted octanol–water partition coefficient (Wildman–Crippen LogP) is 3.37. The number of allylic oxidation sites excluding steroid dienone is 1. The summed E-state index contributed by atoms with van der Waals surface area (Å²) in [7, 11) is 0. The lowest BCUT2D eigenvalue weighted by atomic mass is 10.1. The number of Topliss-reactive ketones (excluding diaryl/α,β-unsaturated/α-hetero) is 1. The second-order valence-corrected chi connectivity index (χ2v) is 3.45. The Bertz CT molecular complexity index is 386. The molecule has 0 bridgehead atoms. The Labute approximate surface area is 94.7 Å². The fraction of sp³-hybridized carbons (Fsp3) is 0.308. The van der Waals surface area contributed by atoms with Crippen LogP contribution in [0.5, 0.6) is 5.75 Å². The van der Waals surface area contributed by atoms with Gasteiger partial charge in [-0.25, -0.2) is 4.39 Å². The molecule has 16 heavy (non-hydrogen) atoms. The van der Waals surface area contributed by atoms with Crippen LogP contribution in [-0.2, 0) is 0 Å². The Morgan fingerprint density at radius 2 is 2.31 bits per heavy atom. The molecule has 1 aromatic carbocycles. The van der Waals surface area contributed by atoms with Crippen LogP contribution in [0.1, 0.15) is 30.1 Å². The van der Waals surface area contributed by atoms with Gasteiger partial charge in [0.25, 0.3) is 0 Å². The Kier molecular flexibility index (Phi) is 4.70. The Balaban J connectivity index is 2.76. The Morgan fingerprint density at radius 3 is 2.94 bits per heavy atom.